The van der Waals surface area contributed by atoms with Gasteiger partial charge in [0.15, 0.2) is 0 Å². The van der Waals surface area contributed by atoms with E-state index >= 15 is 0 Å². The molecule has 0 aliphatic rings. The molecular formula is C14H19FO2. The molecule has 17 heavy (non-hydrogen) atoms. The van der Waals surface area contributed by atoms with Gasteiger partial charge in [0, 0.05) is 0 Å². The highest BCUT2D eigenvalue weighted by molar-refractivity contribution is 5.76. The number of aliphatic carboxylic acids is 1. The van der Waals surface area contributed by atoms with Crippen LogP contribution in [0.5, 0.6) is 0 Å². The van der Waals surface area contributed by atoms with Crippen molar-refractivity contribution in [3.05, 3.63) is 35.6 Å². The molecule has 3 heteroatoms. The van der Waals surface area contributed by atoms with Crippen LogP contribution in [0.3, 0.4) is 0 Å². The maximum absolute atomic E-state index is 12.8. The summed E-state index contributed by atoms with van der Waals surface area (Å²) in [7, 11) is 0. The molecule has 0 saturated carbocycles. The highest BCUT2D eigenvalue weighted by Gasteiger charge is 2.22. The molecule has 0 aliphatic heterocycles. The van der Waals surface area contributed by atoms with Gasteiger partial charge < -0.3 is 5.11 Å². The minimum Gasteiger partial charge on any atom is -0.481 e. The average molecular weight is 238 g/mol. The molecule has 0 radical (unpaired) electrons. The lowest BCUT2D eigenvalue weighted by molar-refractivity contribution is -0.139. The van der Waals surface area contributed by atoms with Crippen LogP contribution in [0, 0.1) is 11.2 Å². The second kappa shape index (κ2) is 5.30. The van der Waals surface area contributed by atoms with Crippen molar-refractivity contribution in [2.75, 3.05) is 0 Å². The fraction of sp³-hybridized carbons (Fsp3) is 0.500. The lowest BCUT2D eigenvalue weighted by atomic mass is 9.84. The van der Waals surface area contributed by atoms with Crippen molar-refractivity contribution in [1.29, 1.82) is 0 Å². The highest BCUT2D eigenvalue weighted by Crippen LogP contribution is 2.29. The molecule has 1 rings (SSSR count). The Morgan fingerprint density at radius 2 is 1.82 bits per heavy atom. The first-order valence-corrected chi connectivity index (χ1v) is 5.78. The molecule has 0 saturated heterocycles. The first-order valence-electron chi connectivity index (χ1n) is 5.78. The van der Waals surface area contributed by atoms with Gasteiger partial charge in [0.05, 0.1) is 5.92 Å². The van der Waals surface area contributed by atoms with E-state index in [2.05, 4.69) is 20.8 Å². The fourth-order valence-corrected chi connectivity index (χ4v) is 1.71. The van der Waals surface area contributed by atoms with Crippen molar-refractivity contribution in [3.8, 4) is 0 Å². The maximum atomic E-state index is 12.8. The zero-order chi connectivity index (χ0) is 13.1. The number of hydrogen-bond donors (Lipinski definition) is 1. The molecule has 0 heterocycles. The monoisotopic (exact) mass is 238 g/mol. The smallest absolute Gasteiger partial charge is 0.310 e. The van der Waals surface area contributed by atoms with Crippen LogP contribution in [0.25, 0.3) is 0 Å². The van der Waals surface area contributed by atoms with E-state index in [1.54, 1.807) is 12.1 Å². The summed E-state index contributed by atoms with van der Waals surface area (Å²) in [4.78, 5) is 11.2. The Labute approximate surface area is 101 Å². The topological polar surface area (TPSA) is 37.3 Å². The average Bonchev–Trinajstić information content (AvgIpc) is 2.18. The zero-order valence-electron chi connectivity index (χ0n) is 10.5. The van der Waals surface area contributed by atoms with Gasteiger partial charge in [0.1, 0.15) is 5.82 Å². The molecule has 0 spiro atoms. The summed E-state index contributed by atoms with van der Waals surface area (Å²) in [5, 5.41) is 9.20. The van der Waals surface area contributed by atoms with Crippen LogP contribution >= 0.6 is 0 Å². The molecule has 0 fully saturated rings. The summed E-state index contributed by atoms with van der Waals surface area (Å²) in [6, 6.07) is 5.72. The molecule has 1 aromatic rings. The zero-order valence-corrected chi connectivity index (χ0v) is 10.5. The van der Waals surface area contributed by atoms with Crippen LogP contribution in [0.2, 0.25) is 0 Å². The summed E-state index contributed by atoms with van der Waals surface area (Å²) in [5.41, 5.74) is 0.774. The van der Waals surface area contributed by atoms with Gasteiger partial charge in [-0.1, -0.05) is 32.9 Å². The van der Waals surface area contributed by atoms with E-state index in [4.69, 9.17) is 0 Å². The number of rotatable bonds is 4. The molecule has 2 nitrogen and oxygen atoms in total. The van der Waals surface area contributed by atoms with Gasteiger partial charge >= 0.3 is 5.97 Å². The largest absolute Gasteiger partial charge is 0.481 e. The number of carboxylic acid groups (broad SMARTS) is 1. The molecule has 0 aliphatic carbocycles. The Balaban J connectivity index is 2.79. The van der Waals surface area contributed by atoms with E-state index in [1.165, 1.54) is 12.1 Å². The number of benzene rings is 1. The molecule has 1 aromatic carbocycles. The SMILES string of the molecule is CC(C)(C)CCC(C(=O)O)c1ccc(F)cc1. The van der Waals surface area contributed by atoms with Crippen LogP contribution in [-0.2, 0) is 4.79 Å². The van der Waals surface area contributed by atoms with Gasteiger partial charge in [-0.05, 0) is 36.0 Å². The van der Waals surface area contributed by atoms with Crippen molar-refractivity contribution in [1.82, 2.24) is 0 Å². The van der Waals surface area contributed by atoms with Gasteiger partial charge in [0.25, 0.3) is 0 Å². The molecular weight excluding hydrogens is 219 g/mol. The van der Waals surface area contributed by atoms with E-state index in [1.807, 2.05) is 0 Å². The van der Waals surface area contributed by atoms with Gasteiger partial charge in [-0.2, -0.15) is 0 Å². The van der Waals surface area contributed by atoms with Crippen LogP contribution < -0.4 is 0 Å². The Morgan fingerprint density at radius 1 is 1.29 bits per heavy atom. The number of halogens is 1. The molecule has 0 amide bonds. The van der Waals surface area contributed by atoms with Crippen LogP contribution in [0.15, 0.2) is 24.3 Å². The fourth-order valence-electron chi connectivity index (χ4n) is 1.71. The van der Waals surface area contributed by atoms with Gasteiger partial charge in [-0.3, -0.25) is 4.79 Å². The summed E-state index contributed by atoms with van der Waals surface area (Å²) >= 11 is 0. The summed E-state index contributed by atoms with van der Waals surface area (Å²) in [6.07, 6.45) is 1.39. The number of carbonyl (C=O) groups is 1. The van der Waals surface area contributed by atoms with Crippen molar-refractivity contribution in [3.63, 3.8) is 0 Å². The molecule has 1 unspecified atom stereocenters. The molecule has 1 atom stereocenters. The Kier molecular flexibility index (Phi) is 4.27. The third-order valence-corrected chi connectivity index (χ3v) is 2.75. The van der Waals surface area contributed by atoms with Gasteiger partial charge in [0.2, 0.25) is 0 Å². The van der Waals surface area contributed by atoms with Crippen molar-refractivity contribution in [2.24, 2.45) is 5.41 Å². The van der Waals surface area contributed by atoms with E-state index in [-0.39, 0.29) is 11.2 Å². The first-order chi connectivity index (χ1) is 7.79. The van der Waals surface area contributed by atoms with Crippen LogP contribution in [0.1, 0.15) is 45.1 Å². The van der Waals surface area contributed by atoms with Crippen LogP contribution in [-0.4, -0.2) is 11.1 Å². The summed E-state index contributed by atoms with van der Waals surface area (Å²) in [6.45, 7) is 6.24. The second-order valence-electron chi connectivity index (χ2n) is 5.54. The van der Waals surface area contributed by atoms with E-state index in [0.29, 0.717) is 12.0 Å². The third kappa shape index (κ3) is 4.55. The van der Waals surface area contributed by atoms with Gasteiger partial charge in [-0.15, -0.1) is 0 Å². The lowest BCUT2D eigenvalue weighted by Gasteiger charge is -2.21. The predicted octanol–water partition coefficient (Wildman–Crippen LogP) is 3.82. The number of carboxylic acids is 1. The van der Waals surface area contributed by atoms with E-state index in [0.717, 1.165) is 6.42 Å². The van der Waals surface area contributed by atoms with Crippen molar-refractivity contribution >= 4 is 5.97 Å². The minimum absolute atomic E-state index is 0.105. The van der Waals surface area contributed by atoms with E-state index < -0.39 is 11.9 Å². The number of hydrogen-bond acceptors (Lipinski definition) is 1. The lowest BCUT2D eigenvalue weighted by Crippen LogP contribution is -2.15. The van der Waals surface area contributed by atoms with E-state index in [9.17, 15) is 14.3 Å². The molecule has 1 N–H and O–H groups in total. The Hall–Kier alpha value is -1.38. The van der Waals surface area contributed by atoms with Gasteiger partial charge in [-0.25, -0.2) is 4.39 Å². The Morgan fingerprint density at radius 3 is 2.24 bits per heavy atom. The normalized spacial score (nSPS) is 13.4. The first kappa shape index (κ1) is 13.7. The van der Waals surface area contributed by atoms with Crippen molar-refractivity contribution < 1.29 is 14.3 Å². The minimum atomic E-state index is -0.846. The van der Waals surface area contributed by atoms with Crippen molar-refractivity contribution in [2.45, 2.75) is 39.5 Å². The quantitative estimate of drug-likeness (QED) is 0.865. The molecule has 0 bridgehead atoms. The molecule has 0 aromatic heterocycles. The Bertz CT molecular complexity index is 376. The third-order valence-electron chi connectivity index (χ3n) is 2.75. The second-order valence-corrected chi connectivity index (χ2v) is 5.54. The standard InChI is InChI=1S/C14H19FO2/c1-14(2,3)9-8-12(13(16)17)10-4-6-11(15)7-5-10/h4-7,12H,8-9H2,1-3H3,(H,16,17). The summed E-state index contributed by atoms with van der Waals surface area (Å²) < 4.78 is 12.8. The van der Waals surface area contributed by atoms with Crippen LogP contribution in [0.4, 0.5) is 4.39 Å². The predicted molar refractivity (Wildman–Crippen MR) is 65.5 cm³/mol. The summed E-state index contributed by atoms with van der Waals surface area (Å²) in [5.74, 6) is -1.73. The highest BCUT2D eigenvalue weighted by atomic mass is 19.1. The maximum Gasteiger partial charge on any atom is 0.310 e. The molecule has 94 valence electrons.